The van der Waals surface area contributed by atoms with Crippen LogP contribution in [0.2, 0.25) is 0 Å². The number of nitrogens with one attached hydrogen (secondary N) is 1. The van der Waals surface area contributed by atoms with Crippen molar-refractivity contribution in [1.29, 1.82) is 0 Å². The number of carbonyl (C=O) groups is 2. The Morgan fingerprint density at radius 1 is 1.40 bits per heavy atom. The molecule has 0 aliphatic heterocycles. The molecule has 2 N–H and O–H groups in total. The van der Waals surface area contributed by atoms with Gasteiger partial charge in [0, 0.05) is 19.0 Å². The summed E-state index contributed by atoms with van der Waals surface area (Å²) in [6.07, 6.45) is 1.92. The van der Waals surface area contributed by atoms with Crippen LogP contribution in [0.4, 0.5) is 0 Å². The van der Waals surface area contributed by atoms with Crippen LogP contribution >= 0.6 is 0 Å². The minimum atomic E-state index is -1.78. The third-order valence-electron chi connectivity index (χ3n) is 3.27. The van der Waals surface area contributed by atoms with Gasteiger partial charge in [-0.1, -0.05) is 11.2 Å². The zero-order valence-corrected chi connectivity index (χ0v) is 14.1. The van der Waals surface area contributed by atoms with Crippen LogP contribution in [0.25, 0.3) is 11.5 Å². The first-order valence-electron chi connectivity index (χ1n) is 7.82. The molecule has 2 heterocycles. The van der Waals surface area contributed by atoms with E-state index in [0.29, 0.717) is 17.4 Å². The van der Waals surface area contributed by atoms with E-state index in [2.05, 4.69) is 20.4 Å². The fourth-order valence-electron chi connectivity index (χ4n) is 1.89. The highest BCUT2D eigenvalue weighted by Crippen LogP contribution is 2.12. The SMILES string of the molecule is CCOC(=O)[C@](C)(O)CNC(=O)CCc1nc(-c2ccccn2)no1. The predicted molar refractivity (Wildman–Crippen MR) is 86.1 cm³/mol. The van der Waals surface area contributed by atoms with Crippen LogP contribution in [0, 0.1) is 0 Å². The maximum atomic E-state index is 11.8. The second kappa shape index (κ2) is 8.34. The molecule has 0 spiro atoms. The van der Waals surface area contributed by atoms with Gasteiger partial charge in [-0.15, -0.1) is 0 Å². The minimum absolute atomic E-state index is 0.0722. The molecule has 0 fully saturated rings. The molecular weight excluding hydrogens is 328 g/mol. The average molecular weight is 348 g/mol. The van der Waals surface area contributed by atoms with Crippen LogP contribution in [-0.4, -0.2) is 50.9 Å². The van der Waals surface area contributed by atoms with E-state index in [1.165, 1.54) is 6.92 Å². The number of hydrogen-bond acceptors (Lipinski definition) is 8. The molecule has 25 heavy (non-hydrogen) atoms. The Labute approximate surface area is 144 Å². The molecule has 2 rings (SSSR count). The lowest BCUT2D eigenvalue weighted by atomic mass is 10.1. The number of aromatic nitrogens is 3. The Morgan fingerprint density at radius 2 is 2.20 bits per heavy atom. The zero-order chi connectivity index (χ0) is 18.3. The number of aliphatic hydroxyl groups is 1. The van der Waals surface area contributed by atoms with Crippen molar-refractivity contribution in [3.63, 3.8) is 0 Å². The van der Waals surface area contributed by atoms with E-state index in [0.717, 1.165) is 0 Å². The van der Waals surface area contributed by atoms with Gasteiger partial charge in [0.15, 0.2) is 5.60 Å². The Bertz CT molecular complexity index is 714. The van der Waals surface area contributed by atoms with Gasteiger partial charge in [0.25, 0.3) is 0 Å². The molecule has 0 aliphatic rings. The number of carbonyl (C=O) groups excluding carboxylic acids is 2. The van der Waals surface area contributed by atoms with Crippen molar-refractivity contribution in [1.82, 2.24) is 20.4 Å². The summed E-state index contributed by atoms with van der Waals surface area (Å²) in [6, 6.07) is 5.33. The molecule has 1 amide bonds. The molecule has 0 aliphatic carbocycles. The van der Waals surface area contributed by atoms with Crippen molar-refractivity contribution < 1.29 is 24.0 Å². The van der Waals surface area contributed by atoms with Crippen molar-refractivity contribution in [2.45, 2.75) is 32.3 Å². The quantitative estimate of drug-likeness (QED) is 0.660. The molecule has 0 unspecified atom stereocenters. The van der Waals surface area contributed by atoms with Crippen molar-refractivity contribution in [2.75, 3.05) is 13.2 Å². The number of amides is 1. The van der Waals surface area contributed by atoms with E-state index in [4.69, 9.17) is 9.26 Å². The Balaban J connectivity index is 1.81. The monoisotopic (exact) mass is 348 g/mol. The van der Waals surface area contributed by atoms with Gasteiger partial charge in [0.05, 0.1) is 13.2 Å². The van der Waals surface area contributed by atoms with Crippen LogP contribution in [-0.2, 0) is 20.7 Å². The number of pyridine rings is 1. The summed E-state index contributed by atoms with van der Waals surface area (Å²) in [5.41, 5.74) is -1.20. The number of nitrogens with zero attached hydrogens (tertiary/aromatic N) is 3. The molecule has 134 valence electrons. The fraction of sp³-hybridized carbons (Fsp3) is 0.438. The van der Waals surface area contributed by atoms with Crippen molar-refractivity contribution >= 4 is 11.9 Å². The highest BCUT2D eigenvalue weighted by molar-refractivity contribution is 5.81. The van der Waals surface area contributed by atoms with Gasteiger partial charge in [-0.05, 0) is 26.0 Å². The molecule has 9 heteroatoms. The molecule has 1 atom stereocenters. The highest BCUT2D eigenvalue weighted by Gasteiger charge is 2.32. The van der Waals surface area contributed by atoms with E-state index in [1.807, 2.05) is 0 Å². The maximum absolute atomic E-state index is 11.8. The lowest BCUT2D eigenvalue weighted by molar-refractivity contribution is -0.162. The normalized spacial score (nSPS) is 13.1. The molecule has 0 saturated carbocycles. The van der Waals surface area contributed by atoms with Gasteiger partial charge in [0.2, 0.25) is 17.6 Å². The molecular formula is C16H20N4O5. The smallest absolute Gasteiger partial charge is 0.339 e. The summed E-state index contributed by atoms with van der Waals surface area (Å²) < 4.78 is 9.81. The van der Waals surface area contributed by atoms with Gasteiger partial charge in [-0.2, -0.15) is 4.98 Å². The summed E-state index contributed by atoms with van der Waals surface area (Å²) in [5.74, 6) is -0.497. The second-order valence-corrected chi connectivity index (χ2v) is 5.50. The molecule has 9 nitrogen and oxygen atoms in total. The van der Waals surface area contributed by atoms with Crippen LogP contribution in [0.1, 0.15) is 26.2 Å². The first kappa shape index (κ1) is 18.5. The zero-order valence-electron chi connectivity index (χ0n) is 14.1. The van der Waals surface area contributed by atoms with Crippen LogP contribution in [0.5, 0.6) is 0 Å². The van der Waals surface area contributed by atoms with Crippen molar-refractivity contribution in [3.05, 3.63) is 30.3 Å². The van der Waals surface area contributed by atoms with Gasteiger partial charge in [0.1, 0.15) is 5.69 Å². The minimum Gasteiger partial charge on any atom is -0.464 e. The van der Waals surface area contributed by atoms with Gasteiger partial charge in [-0.25, -0.2) is 4.79 Å². The predicted octanol–water partition coefficient (Wildman–Crippen LogP) is 0.494. The fourth-order valence-corrected chi connectivity index (χ4v) is 1.89. The first-order chi connectivity index (χ1) is 11.9. The Hall–Kier alpha value is -2.81. The van der Waals surface area contributed by atoms with Gasteiger partial charge in [-0.3, -0.25) is 9.78 Å². The van der Waals surface area contributed by atoms with E-state index in [-0.39, 0.29) is 31.9 Å². The third kappa shape index (κ3) is 5.35. The van der Waals surface area contributed by atoms with E-state index in [9.17, 15) is 14.7 Å². The lowest BCUT2D eigenvalue weighted by Gasteiger charge is -2.21. The largest absolute Gasteiger partial charge is 0.464 e. The number of rotatable bonds is 8. The van der Waals surface area contributed by atoms with E-state index < -0.39 is 11.6 Å². The van der Waals surface area contributed by atoms with Crippen LogP contribution < -0.4 is 5.32 Å². The van der Waals surface area contributed by atoms with Crippen molar-refractivity contribution in [3.8, 4) is 11.5 Å². The van der Waals surface area contributed by atoms with Gasteiger partial charge >= 0.3 is 5.97 Å². The number of aryl methyl sites for hydroxylation is 1. The van der Waals surface area contributed by atoms with Crippen LogP contribution in [0.15, 0.2) is 28.9 Å². The maximum Gasteiger partial charge on any atom is 0.339 e. The summed E-state index contributed by atoms with van der Waals surface area (Å²) in [7, 11) is 0. The van der Waals surface area contributed by atoms with E-state index >= 15 is 0 Å². The standard InChI is InChI=1S/C16H20N4O5/c1-3-24-15(22)16(2,23)10-18-12(21)7-8-13-19-14(20-25-13)11-6-4-5-9-17-11/h4-6,9,23H,3,7-8,10H2,1-2H3,(H,18,21)/t16-/m1/s1. The second-order valence-electron chi connectivity index (χ2n) is 5.50. The highest BCUT2D eigenvalue weighted by atomic mass is 16.5. The summed E-state index contributed by atoms with van der Waals surface area (Å²) >= 11 is 0. The topological polar surface area (TPSA) is 127 Å². The molecule has 0 bridgehead atoms. The van der Waals surface area contributed by atoms with Crippen molar-refractivity contribution in [2.24, 2.45) is 0 Å². The van der Waals surface area contributed by atoms with Crippen LogP contribution in [0.3, 0.4) is 0 Å². The lowest BCUT2D eigenvalue weighted by Crippen LogP contribution is -2.47. The summed E-state index contributed by atoms with van der Waals surface area (Å²) in [5, 5.41) is 16.2. The first-order valence-corrected chi connectivity index (χ1v) is 7.82. The molecule has 2 aromatic rings. The molecule has 2 aromatic heterocycles. The molecule has 0 aromatic carbocycles. The Morgan fingerprint density at radius 3 is 2.88 bits per heavy atom. The molecule has 0 radical (unpaired) electrons. The average Bonchev–Trinajstić information content (AvgIpc) is 3.08. The third-order valence-corrected chi connectivity index (χ3v) is 3.27. The number of ether oxygens (including phenoxy) is 1. The van der Waals surface area contributed by atoms with Gasteiger partial charge < -0.3 is 19.7 Å². The number of hydrogen-bond donors (Lipinski definition) is 2. The summed E-state index contributed by atoms with van der Waals surface area (Å²) in [6.45, 7) is 2.82. The number of esters is 1. The summed E-state index contributed by atoms with van der Waals surface area (Å²) in [4.78, 5) is 31.7. The Kier molecular flexibility index (Phi) is 6.18. The van der Waals surface area contributed by atoms with E-state index in [1.54, 1.807) is 31.3 Å². The molecule has 0 saturated heterocycles.